The van der Waals surface area contributed by atoms with E-state index in [1.165, 1.54) is 17.4 Å². The first-order chi connectivity index (χ1) is 13.2. The van der Waals surface area contributed by atoms with Crippen LogP contribution in [0.2, 0.25) is 0 Å². The van der Waals surface area contributed by atoms with Gasteiger partial charge in [-0.25, -0.2) is 4.79 Å². The predicted molar refractivity (Wildman–Crippen MR) is 102 cm³/mol. The van der Waals surface area contributed by atoms with Gasteiger partial charge in [0, 0.05) is 36.5 Å². The first-order valence-electron chi connectivity index (χ1n) is 8.56. The number of H-pyrrole nitrogens is 1. The second kappa shape index (κ2) is 11.3. The van der Waals surface area contributed by atoms with Crippen LogP contribution in [0.5, 0.6) is 5.75 Å². The van der Waals surface area contributed by atoms with Crippen LogP contribution in [0.4, 0.5) is 0 Å². The molecule has 0 amide bonds. The summed E-state index contributed by atoms with van der Waals surface area (Å²) in [4.78, 5) is 34.8. The molecule has 1 aromatic heterocycles. The van der Waals surface area contributed by atoms with Gasteiger partial charge in [-0.05, 0) is 29.8 Å². The molecule has 2 rings (SSSR count). The Kier molecular flexibility index (Phi) is 9.18. The molecule has 0 spiro atoms. The van der Waals surface area contributed by atoms with E-state index in [1.807, 2.05) is 30.5 Å². The van der Waals surface area contributed by atoms with Gasteiger partial charge in [-0.1, -0.05) is 12.6 Å². The summed E-state index contributed by atoms with van der Waals surface area (Å²) in [5.74, 6) is -2.46. The maximum Gasteiger partial charge on any atom is 0.328 e. The number of hydrogen-bond acceptors (Lipinski definition) is 5. The number of ether oxygens (including phenoxy) is 1. The van der Waals surface area contributed by atoms with Gasteiger partial charge < -0.3 is 29.6 Å². The van der Waals surface area contributed by atoms with Crippen LogP contribution in [0.3, 0.4) is 0 Å². The Morgan fingerprint density at radius 1 is 1.32 bits per heavy atom. The Labute approximate surface area is 162 Å². The summed E-state index contributed by atoms with van der Waals surface area (Å²) < 4.78 is 5.30. The number of aromatic amines is 1. The number of nitrogens with one attached hydrogen (secondary N) is 2. The van der Waals surface area contributed by atoms with Gasteiger partial charge in [0.05, 0.1) is 26.1 Å². The van der Waals surface area contributed by atoms with E-state index in [2.05, 4.69) is 18.6 Å². The predicted octanol–water partition coefficient (Wildman–Crippen LogP) is -0.286. The number of hydrogen-bond donors (Lipinski definition) is 3. The van der Waals surface area contributed by atoms with Crippen LogP contribution >= 0.6 is 0 Å². The van der Waals surface area contributed by atoms with E-state index < -0.39 is 11.9 Å². The zero-order valence-electron chi connectivity index (χ0n) is 15.9. The molecule has 0 saturated heterocycles. The van der Waals surface area contributed by atoms with Gasteiger partial charge >= 0.3 is 11.9 Å². The van der Waals surface area contributed by atoms with Crippen LogP contribution in [-0.4, -0.2) is 48.1 Å². The van der Waals surface area contributed by atoms with Crippen molar-refractivity contribution in [1.82, 2.24) is 4.98 Å². The van der Waals surface area contributed by atoms with Gasteiger partial charge in [-0.15, -0.1) is 0 Å². The molecular formula is C20H24N2O6. The lowest BCUT2D eigenvalue weighted by atomic mass is 10.1. The number of carbonyl (C=O) groups is 3. The Bertz CT molecular complexity index is 853. The molecule has 0 aliphatic heterocycles. The summed E-state index contributed by atoms with van der Waals surface area (Å²) in [6, 6.07) is 5.71. The van der Waals surface area contributed by atoms with Crippen molar-refractivity contribution in [2.45, 2.75) is 13.3 Å². The van der Waals surface area contributed by atoms with Gasteiger partial charge in [0.15, 0.2) is 0 Å². The first-order valence-corrected chi connectivity index (χ1v) is 8.56. The van der Waals surface area contributed by atoms with Crippen LogP contribution in [-0.2, 0) is 20.8 Å². The van der Waals surface area contributed by atoms with Crippen LogP contribution in [0.15, 0.2) is 49.2 Å². The number of carboxylic acid groups (broad SMARTS) is 2. The maximum absolute atomic E-state index is 11.2. The summed E-state index contributed by atoms with van der Waals surface area (Å²) >= 11 is 0. The van der Waals surface area contributed by atoms with E-state index >= 15 is 0 Å². The molecule has 28 heavy (non-hydrogen) atoms. The highest BCUT2D eigenvalue weighted by atomic mass is 16.5. The zero-order valence-corrected chi connectivity index (χ0v) is 15.9. The molecule has 0 aliphatic carbocycles. The number of quaternary nitrogens is 1. The second-order valence-corrected chi connectivity index (χ2v) is 6.03. The van der Waals surface area contributed by atoms with E-state index in [4.69, 9.17) is 9.84 Å². The molecule has 150 valence electrons. The van der Waals surface area contributed by atoms with E-state index in [0.29, 0.717) is 17.9 Å². The molecule has 1 unspecified atom stereocenters. The number of benzene rings is 1. The highest BCUT2D eigenvalue weighted by molar-refractivity contribution is 5.91. The van der Waals surface area contributed by atoms with Crippen LogP contribution in [0, 0.1) is 0 Å². The standard InChI is InChI=1S/C16H20N2O2.C4H4O4/c1-4-9-18(3)10-8-13-11-17-14-6-5-7-15(16(13)14)20-12(2)19;5-3(6)1-2-4(7)8/h4-7,11,17H,1,8-10H2,2-3H3;1-2H,(H,5,6)(H,7,8)/b;2-1+. The molecular weight excluding hydrogens is 364 g/mol. The molecule has 0 radical (unpaired) electrons. The van der Waals surface area contributed by atoms with Crippen molar-refractivity contribution >= 4 is 28.8 Å². The highest BCUT2D eigenvalue weighted by Crippen LogP contribution is 2.29. The molecule has 0 fully saturated rings. The summed E-state index contributed by atoms with van der Waals surface area (Å²) in [5, 5.41) is 18.2. The Balaban J connectivity index is 0.000000416. The number of aromatic nitrogens is 1. The molecule has 8 nitrogen and oxygen atoms in total. The minimum atomic E-state index is -1.51. The third-order valence-corrected chi connectivity index (χ3v) is 3.68. The SMILES string of the molecule is C=CC[NH+](C)CCc1c[nH]c2cccc(OC(C)=O)c12.O=C([O-])/C=C/C(=O)O. The summed E-state index contributed by atoms with van der Waals surface area (Å²) in [6.45, 7) is 7.13. The van der Waals surface area contributed by atoms with Crippen molar-refractivity contribution in [3.63, 3.8) is 0 Å². The lowest BCUT2D eigenvalue weighted by Gasteiger charge is -2.11. The lowest BCUT2D eigenvalue weighted by Crippen LogP contribution is -3.09. The first kappa shape index (κ1) is 22.7. The number of likely N-dealkylation sites (N-methyl/N-ethyl adjacent to an activating group) is 1. The Morgan fingerprint density at radius 3 is 2.57 bits per heavy atom. The molecule has 8 heteroatoms. The molecule has 3 N–H and O–H groups in total. The number of esters is 1. The average Bonchev–Trinajstić information content (AvgIpc) is 3.03. The molecule has 0 saturated carbocycles. The van der Waals surface area contributed by atoms with Gasteiger partial charge in [-0.2, -0.15) is 0 Å². The van der Waals surface area contributed by atoms with Gasteiger partial charge in [0.1, 0.15) is 5.75 Å². The van der Waals surface area contributed by atoms with Gasteiger partial charge in [0.2, 0.25) is 0 Å². The van der Waals surface area contributed by atoms with Crippen molar-refractivity contribution in [3.8, 4) is 5.75 Å². The largest absolute Gasteiger partial charge is 0.545 e. The normalized spacial score (nSPS) is 11.5. The quantitative estimate of drug-likeness (QED) is 0.247. The molecule has 2 aromatic rings. The number of rotatable bonds is 8. The molecule has 0 aliphatic rings. The van der Waals surface area contributed by atoms with Crippen molar-refractivity contribution in [2.24, 2.45) is 0 Å². The minimum Gasteiger partial charge on any atom is -0.545 e. The summed E-state index contributed by atoms with van der Waals surface area (Å²) in [6.07, 6.45) is 5.79. The number of fused-ring (bicyclic) bond motifs is 1. The van der Waals surface area contributed by atoms with E-state index in [9.17, 15) is 19.5 Å². The van der Waals surface area contributed by atoms with Gasteiger partial charge in [-0.3, -0.25) is 4.79 Å². The third-order valence-electron chi connectivity index (χ3n) is 3.68. The summed E-state index contributed by atoms with van der Waals surface area (Å²) in [7, 11) is 2.14. The zero-order chi connectivity index (χ0) is 21.1. The monoisotopic (exact) mass is 388 g/mol. The molecule has 0 bridgehead atoms. The number of carbonyl (C=O) groups excluding carboxylic acids is 2. The topological polar surface area (TPSA) is 124 Å². The fourth-order valence-electron chi connectivity index (χ4n) is 2.49. The molecule has 1 aromatic carbocycles. The van der Waals surface area contributed by atoms with Gasteiger partial charge in [0.25, 0.3) is 0 Å². The van der Waals surface area contributed by atoms with E-state index in [1.54, 1.807) is 0 Å². The fraction of sp³-hybridized carbons (Fsp3) is 0.250. The Hall–Kier alpha value is -3.39. The van der Waals surface area contributed by atoms with E-state index in [-0.39, 0.29) is 5.97 Å². The van der Waals surface area contributed by atoms with Crippen LogP contribution in [0.25, 0.3) is 10.9 Å². The van der Waals surface area contributed by atoms with Crippen LogP contribution in [0.1, 0.15) is 12.5 Å². The Morgan fingerprint density at radius 2 is 2.04 bits per heavy atom. The number of aliphatic carboxylic acids is 2. The average molecular weight is 388 g/mol. The maximum atomic E-state index is 11.2. The van der Waals surface area contributed by atoms with Crippen molar-refractivity contribution < 1.29 is 34.2 Å². The fourth-order valence-corrected chi connectivity index (χ4v) is 2.49. The highest BCUT2D eigenvalue weighted by Gasteiger charge is 2.12. The van der Waals surface area contributed by atoms with Crippen molar-refractivity contribution in [3.05, 3.63) is 54.8 Å². The smallest absolute Gasteiger partial charge is 0.328 e. The third kappa shape index (κ3) is 7.88. The second-order valence-electron chi connectivity index (χ2n) is 6.03. The molecule has 1 heterocycles. The number of carboxylic acids is 2. The minimum absolute atomic E-state index is 0.293. The van der Waals surface area contributed by atoms with E-state index in [0.717, 1.165) is 30.4 Å². The van der Waals surface area contributed by atoms with Crippen molar-refractivity contribution in [2.75, 3.05) is 20.1 Å². The summed E-state index contributed by atoms with van der Waals surface area (Å²) in [5.41, 5.74) is 2.18. The van der Waals surface area contributed by atoms with Crippen molar-refractivity contribution in [1.29, 1.82) is 0 Å². The lowest BCUT2D eigenvalue weighted by molar-refractivity contribution is -0.873. The molecule has 1 atom stereocenters. The van der Waals surface area contributed by atoms with Crippen LogP contribution < -0.4 is 14.7 Å².